The van der Waals surface area contributed by atoms with Gasteiger partial charge in [0.1, 0.15) is 0 Å². The molecule has 0 aliphatic heterocycles. The van der Waals surface area contributed by atoms with Gasteiger partial charge < -0.3 is 9.47 Å². The zero-order valence-corrected chi connectivity index (χ0v) is 16.0. The summed E-state index contributed by atoms with van der Waals surface area (Å²) < 4.78 is 10.9. The van der Waals surface area contributed by atoms with Crippen LogP contribution in [-0.4, -0.2) is 51.9 Å². The molecule has 0 bridgehead atoms. The Labute approximate surface area is 164 Å². The molecule has 0 atom stereocenters. The summed E-state index contributed by atoms with van der Waals surface area (Å²) >= 11 is 12.1. The second kappa shape index (κ2) is 12.6. The lowest BCUT2D eigenvalue weighted by Gasteiger charge is -2.03. The van der Waals surface area contributed by atoms with Crippen LogP contribution in [-0.2, 0) is 9.47 Å². The van der Waals surface area contributed by atoms with Crippen LogP contribution in [0.1, 0.15) is 11.1 Å². The van der Waals surface area contributed by atoms with E-state index in [9.17, 15) is 0 Å². The van der Waals surface area contributed by atoms with Gasteiger partial charge in [-0.1, -0.05) is 59.6 Å². The molecule has 0 aliphatic rings. The Morgan fingerprint density at radius 1 is 0.654 bits per heavy atom. The standard InChI is InChI=1S/C20H22Cl2N2O2/c21-19-7-3-1-5-17(19)15-23-9-11-25-13-14-26-12-10-24-16-18-6-2-4-8-20(18)22/h1-8,15-16H,9-14H2. The third-order valence-corrected chi connectivity index (χ3v) is 4.06. The van der Waals surface area contributed by atoms with E-state index < -0.39 is 0 Å². The molecule has 2 rings (SSSR count). The molecule has 0 heterocycles. The Bertz CT molecular complexity index is 659. The Morgan fingerprint density at radius 3 is 1.50 bits per heavy atom. The van der Waals surface area contributed by atoms with Crippen LogP contribution in [0, 0.1) is 0 Å². The first-order valence-corrected chi connectivity index (χ1v) is 9.17. The molecule has 6 heteroatoms. The fourth-order valence-corrected chi connectivity index (χ4v) is 2.41. The molecule has 138 valence electrons. The van der Waals surface area contributed by atoms with Gasteiger partial charge in [0.15, 0.2) is 0 Å². The van der Waals surface area contributed by atoms with Gasteiger partial charge in [0.25, 0.3) is 0 Å². The fraction of sp³-hybridized carbons (Fsp3) is 0.300. The Kier molecular flexibility index (Phi) is 9.98. The summed E-state index contributed by atoms with van der Waals surface area (Å²) in [5, 5.41) is 1.39. The molecule has 4 nitrogen and oxygen atoms in total. The van der Waals surface area contributed by atoms with Crippen molar-refractivity contribution in [3.05, 3.63) is 69.7 Å². The van der Waals surface area contributed by atoms with E-state index in [0.29, 0.717) is 49.6 Å². The minimum atomic E-state index is 0.538. The topological polar surface area (TPSA) is 43.2 Å². The van der Waals surface area contributed by atoms with Crippen molar-refractivity contribution in [2.45, 2.75) is 0 Å². The van der Waals surface area contributed by atoms with Crippen LogP contribution in [0.25, 0.3) is 0 Å². The molecule has 0 fully saturated rings. The quantitative estimate of drug-likeness (QED) is 0.415. The van der Waals surface area contributed by atoms with Gasteiger partial charge >= 0.3 is 0 Å². The summed E-state index contributed by atoms with van der Waals surface area (Å²) in [5.74, 6) is 0. The molecule has 0 spiro atoms. The summed E-state index contributed by atoms with van der Waals surface area (Å²) in [6, 6.07) is 15.2. The van der Waals surface area contributed by atoms with Crippen molar-refractivity contribution in [2.75, 3.05) is 39.5 Å². The zero-order chi connectivity index (χ0) is 18.5. The van der Waals surface area contributed by atoms with Gasteiger partial charge in [-0.2, -0.15) is 0 Å². The number of benzene rings is 2. The van der Waals surface area contributed by atoms with Gasteiger partial charge in [0.05, 0.1) is 39.5 Å². The van der Waals surface area contributed by atoms with Crippen molar-refractivity contribution < 1.29 is 9.47 Å². The van der Waals surface area contributed by atoms with Gasteiger partial charge in [0, 0.05) is 33.6 Å². The summed E-state index contributed by atoms with van der Waals surface area (Å²) in [4.78, 5) is 8.58. The maximum absolute atomic E-state index is 6.04. The molecule has 0 saturated carbocycles. The van der Waals surface area contributed by atoms with E-state index in [1.54, 1.807) is 12.4 Å². The van der Waals surface area contributed by atoms with Crippen molar-refractivity contribution in [2.24, 2.45) is 9.98 Å². The normalized spacial score (nSPS) is 11.6. The largest absolute Gasteiger partial charge is 0.377 e. The Hall–Kier alpha value is -1.72. The van der Waals surface area contributed by atoms with Crippen molar-refractivity contribution in [3.8, 4) is 0 Å². The minimum absolute atomic E-state index is 0.538. The number of hydrogen-bond donors (Lipinski definition) is 0. The molecular formula is C20H22Cl2N2O2. The molecule has 2 aromatic carbocycles. The summed E-state index contributed by atoms with van der Waals surface area (Å²) in [6.07, 6.45) is 3.53. The van der Waals surface area contributed by atoms with Crippen LogP contribution in [0.2, 0.25) is 10.0 Å². The highest BCUT2D eigenvalue weighted by molar-refractivity contribution is 6.33. The van der Waals surface area contributed by atoms with Crippen LogP contribution in [0.5, 0.6) is 0 Å². The lowest BCUT2D eigenvalue weighted by molar-refractivity contribution is 0.0541. The Balaban J connectivity index is 1.46. The summed E-state index contributed by atoms with van der Waals surface area (Å²) in [5.41, 5.74) is 1.82. The third kappa shape index (κ3) is 8.11. The first kappa shape index (κ1) is 20.6. The van der Waals surface area contributed by atoms with E-state index in [1.165, 1.54) is 0 Å². The minimum Gasteiger partial charge on any atom is -0.377 e. The van der Waals surface area contributed by atoms with Crippen molar-refractivity contribution >= 4 is 35.6 Å². The average Bonchev–Trinajstić information content (AvgIpc) is 2.65. The molecule has 0 N–H and O–H groups in total. The summed E-state index contributed by atoms with van der Waals surface area (Å²) in [6.45, 7) is 3.36. The zero-order valence-electron chi connectivity index (χ0n) is 14.5. The highest BCUT2D eigenvalue weighted by Gasteiger charge is 1.95. The third-order valence-electron chi connectivity index (χ3n) is 3.37. The van der Waals surface area contributed by atoms with E-state index in [4.69, 9.17) is 32.7 Å². The van der Waals surface area contributed by atoms with Crippen molar-refractivity contribution in [3.63, 3.8) is 0 Å². The monoisotopic (exact) mass is 392 g/mol. The highest BCUT2D eigenvalue weighted by Crippen LogP contribution is 2.12. The van der Waals surface area contributed by atoms with E-state index in [1.807, 2.05) is 48.5 Å². The molecule has 0 aromatic heterocycles. The SMILES string of the molecule is Clc1ccccc1C=NCCOCCOCCN=Cc1ccccc1Cl. The molecule has 0 saturated heterocycles. The number of aliphatic imine (C=N–C) groups is 2. The molecule has 0 amide bonds. The lowest BCUT2D eigenvalue weighted by atomic mass is 10.2. The molecule has 26 heavy (non-hydrogen) atoms. The molecule has 0 radical (unpaired) electrons. The number of nitrogens with zero attached hydrogens (tertiary/aromatic N) is 2. The molecule has 0 unspecified atom stereocenters. The van der Waals surface area contributed by atoms with Gasteiger partial charge in [-0.15, -0.1) is 0 Å². The number of rotatable bonds is 11. The van der Waals surface area contributed by atoms with Crippen LogP contribution < -0.4 is 0 Å². The fourth-order valence-electron chi connectivity index (χ4n) is 2.04. The number of hydrogen-bond acceptors (Lipinski definition) is 4. The predicted molar refractivity (Wildman–Crippen MR) is 109 cm³/mol. The predicted octanol–water partition coefficient (Wildman–Crippen LogP) is 4.56. The van der Waals surface area contributed by atoms with Crippen molar-refractivity contribution in [1.29, 1.82) is 0 Å². The molecular weight excluding hydrogens is 371 g/mol. The smallest absolute Gasteiger partial charge is 0.0701 e. The van der Waals surface area contributed by atoms with Crippen LogP contribution in [0.15, 0.2) is 58.5 Å². The molecule has 0 aliphatic carbocycles. The van der Waals surface area contributed by atoms with E-state index in [0.717, 1.165) is 11.1 Å². The Morgan fingerprint density at radius 2 is 1.08 bits per heavy atom. The van der Waals surface area contributed by atoms with Crippen LogP contribution in [0.3, 0.4) is 0 Å². The van der Waals surface area contributed by atoms with Gasteiger partial charge in [-0.05, 0) is 12.1 Å². The second-order valence-electron chi connectivity index (χ2n) is 5.34. The second-order valence-corrected chi connectivity index (χ2v) is 6.15. The number of halogens is 2. The van der Waals surface area contributed by atoms with Gasteiger partial charge in [-0.25, -0.2) is 0 Å². The maximum Gasteiger partial charge on any atom is 0.0701 e. The van der Waals surface area contributed by atoms with Crippen LogP contribution >= 0.6 is 23.2 Å². The first-order valence-electron chi connectivity index (χ1n) is 8.41. The van der Waals surface area contributed by atoms with Gasteiger partial charge in [-0.3, -0.25) is 9.98 Å². The molecule has 2 aromatic rings. The van der Waals surface area contributed by atoms with Crippen LogP contribution in [0.4, 0.5) is 0 Å². The van der Waals surface area contributed by atoms with E-state index >= 15 is 0 Å². The van der Waals surface area contributed by atoms with E-state index in [-0.39, 0.29) is 0 Å². The van der Waals surface area contributed by atoms with Crippen molar-refractivity contribution in [1.82, 2.24) is 0 Å². The lowest BCUT2D eigenvalue weighted by Crippen LogP contribution is -2.08. The van der Waals surface area contributed by atoms with E-state index in [2.05, 4.69) is 9.98 Å². The summed E-state index contributed by atoms with van der Waals surface area (Å²) in [7, 11) is 0. The average molecular weight is 393 g/mol. The maximum atomic E-state index is 6.04. The highest BCUT2D eigenvalue weighted by atomic mass is 35.5. The van der Waals surface area contributed by atoms with Gasteiger partial charge in [0.2, 0.25) is 0 Å². The number of ether oxygens (including phenoxy) is 2. The first-order chi connectivity index (χ1) is 12.8.